The maximum Gasteiger partial charge on any atom is 0.243 e. The number of carbonyl (C=O) groups is 2. The van der Waals surface area contributed by atoms with Gasteiger partial charge in [0.05, 0.1) is 11.4 Å². The third-order valence-electron chi connectivity index (χ3n) is 3.48. The fourth-order valence-corrected chi connectivity index (χ4v) is 3.81. The first-order valence-corrected chi connectivity index (χ1v) is 9.62. The summed E-state index contributed by atoms with van der Waals surface area (Å²) >= 11 is 11.7. The van der Waals surface area contributed by atoms with E-state index >= 15 is 0 Å². The van der Waals surface area contributed by atoms with Crippen LogP contribution in [-0.2, 0) is 14.8 Å². The van der Waals surface area contributed by atoms with Gasteiger partial charge in [0.25, 0.3) is 0 Å². The van der Waals surface area contributed by atoms with Crippen LogP contribution in [0.5, 0.6) is 0 Å². The normalized spacial score (nSPS) is 11.4. The van der Waals surface area contributed by atoms with E-state index in [4.69, 9.17) is 23.2 Å². The predicted molar refractivity (Wildman–Crippen MR) is 101 cm³/mol. The van der Waals surface area contributed by atoms with Gasteiger partial charge >= 0.3 is 0 Å². The van der Waals surface area contributed by atoms with Crippen molar-refractivity contribution in [3.05, 3.63) is 58.1 Å². The van der Waals surface area contributed by atoms with Gasteiger partial charge in [-0.25, -0.2) is 8.42 Å². The second kappa shape index (κ2) is 8.18. The number of Topliss-reactive ketones (excluding diaryl/α,β-unsaturated/α-hetero) is 1. The highest BCUT2D eigenvalue weighted by Gasteiger charge is 2.23. The van der Waals surface area contributed by atoms with E-state index in [9.17, 15) is 18.0 Å². The molecule has 0 spiro atoms. The number of amides is 1. The number of sulfonamides is 1. The number of nitrogens with zero attached hydrogens (tertiary/aromatic N) is 1. The van der Waals surface area contributed by atoms with Crippen molar-refractivity contribution in [1.82, 2.24) is 4.31 Å². The summed E-state index contributed by atoms with van der Waals surface area (Å²) < 4.78 is 26.0. The third kappa shape index (κ3) is 5.04. The molecule has 0 unspecified atom stereocenters. The molecule has 0 bridgehead atoms. The van der Waals surface area contributed by atoms with Crippen molar-refractivity contribution in [3.63, 3.8) is 0 Å². The Hall–Kier alpha value is -1.93. The van der Waals surface area contributed by atoms with Crippen molar-refractivity contribution >= 4 is 50.6 Å². The molecule has 0 aliphatic heterocycles. The van der Waals surface area contributed by atoms with E-state index in [1.54, 1.807) is 0 Å². The van der Waals surface area contributed by atoms with E-state index in [1.807, 2.05) is 0 Å². The zero-order chi connectivity index (χ0) is 19.5. The minimum absolute atomic E-state index is 0.0106. The lowest BCUT2D eigenvalue weighted by Crippen LogP contribution is -2.35. The number of ketones is 1. The van der Waals surface area contributed by atoms with E-state index in [0.29, 0.717) is 21.3 Å². The summed E-state index contributed by atoms with van der Waals surface area (Å²) in [7, 11) is -2.59. The van der Waals surface area contributed by atoms with Crippen LogP contribution in [0.25, 0.3) is 0 Å². The van der Waals surface area contributed by atoms with Gasteiger partial charge < -0.3 is 5.32 Å². The number of halogens is 2. The number of rotatable bonds is 6. The molecule has 0 atom stereocenters. The van der Waals surface area contributed by atoms with Crippen LogP contribution in [0, 0.1) is 0 Å². The lowest BCUT2D eigenvalue weighted by molar-refractivity contribution is -0.116. The van der Waals surface area contributed by atoms with Gasteiger partial charge in [-0.2, -0.15) is 4.31 Å². The topological polar surface area (TPSA) is 83.6 Å². The Morgan fingerprint density at radius 2 is 1.58 bits per heavy atom. The summed E-state index contributed by atoms with van der Waals surface area (Å²) in [6.45, 7) is 0.989. The summed E-state index contributed by atoms with van der Waals surface area (Å²) in [6, 6.07) is 10.0. The first kappa shape index (κ1) is 20.4. The number of anilines is 1. The standard InChI is InChI=1S/C17H16Cl2N2O4S/c1-11(22)12-3-5-16(6-4-12)26(24,25)21(2)10-17(23)20-15-8-13(18)7-14(19)9-15/h3-9H,10H2,1-2H3,(H,20,23). The molecule has 0 aliphatic rings. The molecule has 0 fully saturated rings. The highest BCUT2D eigenvalue weighted by Crippen LogP contribution is 2.22. The Morgan fingerprint density at radius 3 is 2.08 bits per heavy atom. The lowest BCUT2D eigenvalue weighted by atomic mass is 10.2. The Morgan fingerprint density at radius 1 is 1.04 bits per heavy atom. The van der Waals surface area contributed by atoms with Gasteiger partial charge in [-0.1, -0.05) is 35.3 Å². The molecule has 2 aromatic carbocycles. The van der Waals surface area contributed by atoms with E-state index in [2.05, 4.69) is 5.32 Å². The molecule has 26 heavy (non-hydrogen) atoms. The highest BCUT2D eigenvalue weighted by molar-refractivity contribution is 7.89. The molecule has 1 amide bonds. The van der Waals surface area contributed by atoms with Crippen molar-refractivity contribution in [1.29, 1.82) is 0 Å². The van der Waals surface area contributed by atoms with Crippen LogP contribution in [0.1, 0.15) is 17.3 Å². The number of hydrogen-bond acceptors (Lipinski definition) is 4. The summed E-state index contributed by atoms with van der Waals surface area (Å²) in [5, 5.41) is 3.24. The Labute approximate surface area is 161 Å². The second-order valence-electron chi connectivity index (χ2n) is 5.55. The summed E-state index contributed by atoms with van der Waals surface area (Å²) in [5.41, 5.74) is 0.770. The van der Waals surface area contributed by atoms with Gasteiger partial charge in [0.2, 0.25) is 15.9 Å². The van der Waals surface area contributed by atoms with Gasteiger partial charge in [-0.3, -0.25) is 9.59 Å². The molecule has 138 valence electrons. The predicted octanol–water partition coefficient (Wildman–Crippen LogP) is 3.46. The zero-order valence-electron chi connectivity index (χ0n) is 14.0. The van der Waals surface area contributed by atoms with Gasteiger partial charge in [0, 0.05) is 28.3 Å². The number of benzene rings is 2. The monoisotopic (exact) mass is 414 g/mol. The molecular weight excluding hydrogens is 399 g/mol. The molecule has 0 radical (unpaired) electrons. The molecule has 0 saturated carbocycles. The first-order valence-electron chi connectivity index (χ1n) is 7.43. The zero-order valence-corrected chi connectivity index (χ0v) is 16.3. The molecule has 2 aromatic rings. The summed E-state index contributed by atoms with van der Waals surface area (Å²) in [5.74, 6) is -0.711. The van der Waals surface area contributed by atoms with Crippen molar-refractivity contribution in [2.75, 3.05) is 18.9 Å². The number of nitrogens with one attached hydrogen (secondary N) is 1. The molecule has 2 rings (SSSR count). The fraction of sp³-hybridized carbons (Fsp3) is 0.176. The number of hydrogen-bond donors (Lipinski definition) is 1. The van der Waals surface area contributed by atoms with Gasteiger partial charge in [-0.05, 0) is 37.3 Å². The quantitative estimate of drug-likeness (QED) is 0.733. The van der Waals surface area contributed by atoms with Crippen molar-refractivity contribution in [3.8, 4) is 0 Å². The van der Waals surface area contributed by atoms with Crippen LogP contribution >= 0.6 is 23.2 Å². The summed E-state index contributed by atoms with van der Waals surface area (Å²) in [4.78, 5) is 23.4. The third-order valence-corrected chi connectivity index (χ3v) is 5.74. The largest absolute Gasteiger partial charge is 0.325 e. The molecule has 6 nitrogen and oxygen atoms in total. The van der Waals surface area contributed by atoms with Crippen LogP contribution < -0.4 is 5.32 Å². The SMILES string of the molecule is CC(=O)c1ccc(S(=O)(=O)N(C)CC(=O)Nc2cc(Cl)cc(Cl)c2)cc1. The maximum atomic E-state index is 12.5. The molecule has 0 aliphatic carbocycles. The van der Waals surface area contributed by atoms with E-state index < -0.39 is 22.5 Å². The van der Waals surface area contributed by atoms with Crippen molar-refractivity contribution < 1.29 is 18.0 Å². The first-order chi connectivity index (χ1) is 12.1. The smallest absolute Gasteiger partial charge is 0.243 e. The fourth-order valence-electron chi connectivity index (χ4n) is 2.16. The molecule has 0 saturated heterocycles. The minimum atomic E-state index is -3.88. The second-order valence-corrected chi connectivity index (χ2v) is 8.47. The highest BCUT2D eigenvalue weighted by atomic mass is 35.5. The Kier molecular flexibility index (Phi) is 6.41. The van der Waals surface area contributed by atoms with Crippen molar-refractivity contribution in [2.45, 2.75) is 11.8 Å². The van der Waals surface area contributed by atoms with Gasteiger partial charge in [0.1, 0.15) is 0 Å². The van der Waals surface area contributed by atoms with Crippen molar-refractivity contribution in [2.24, 2.45) is 0 Å². The van der Waals surface area contributed by atoms with Crippen LogP contribution in [-0.4, -0.2) is 38.0 Å². The molecule has 9 heteroatoms. The van der Waals surface area contributed by atoms with Crippen LogP contribution in [0.15, 0.2) is 47.4 Å². The average Bonchev–Trinajstić information content (AvgIpc) is 2.53. The Bertz CT molecular complexity index is 923. The molecule has 0 heterocycles. The van der Waals surface area contributed by atoms with Gasteiger partial charge in [-0.15, -0.1) is 0 Å². The molecular formula is C17H16Cl2N2O4S. The van der Waals surface area contributed by atoms with E-state index in [-0.39, 0.29) is 10.7 Å². The molecule has 1 N–H and O–H groups in total. The number of likely N-dealkylation sites (N-methyl/N-ethyl adjacent to an activating group) is 1. The van der Waals surface area contributed by atoms with Crippen LogP contribution in [0.2, 0.25) is 10.0 Å². The average molecular weight is 415 g/mol. The minimum Gasteiger partial charge on any atom is -0.325 e. The van der Waals surface area contributed by atoms with E-state index in [0.717, 1.165) is 4.31 Å². The maximum absolute atomic E-state index is 12.5. The summed E-state index contributed by atoms with van der Waals surface area (Å²) in [6.07, 6.45) is 0. The van der Waals surface area contributed by atoms with Crippen LogP contribution in [0.4, 0.5) is 5.69 Å². The van der Waals surface area contributed by atoms with Gasteiger partial charge in [0.15, 0.2) is 5.78 Å². The number of carbonyl (C=O) groups excluding carboxylic acids is 2. The van der Waals surface area contributed by atoms with E-state index in [1.165, 1.54) is 56.4 Å². The Balaban J connectivity index is 2.10. The molecule has 0 aromatic heterocycles. The lowest BCUT2D eigenvalue weighted by Gasteiger charge is -2.17. The van der Waals surface area contributed by atoms with Crippen LogP contribution in [0.3, 0.4) is 0 Å².